The second-order valence-electron chi connectivity index (χ2n) is 5.52. The lowest BCUT2D eigenvalue weighted by Gasteiger charge is -2.39. The molecule has 0 saturated carbocycles. The van der Waals surface area contributed by atoms with Crippen molar-refractivity contribution < 1.29 is 0 Å². The van der Waals surface area contributed by atoms with Crippen LogP contribution in [0.4, 0.5) is 5.82 Å². The molecule has 3 heterocycles. The topological polar surface area (TPSA) is 33.1 Å². The summed E-state index contributed by atoms with van der Waals surface area (Å²) in [6.45, 7) is 2.12. The van der Waals surface area contributed by atoms with Gasteiger partial charge in [-0.25, -0.2) is 0 Å². The molecule has 17 heavy (non-hydrogen) atoms. The summed E-state index contributed by atoms with van der Waals surface area (Å²) in [5, 5.41) is 8.09. The molecule has 3 rings (SSSR count). The molecule has 2 saturated heterocycles. The summed E-state index contributed by atoms with van der Waals surface area (Å²) < 4.78 is 1.99. The number of anilines is 1. The first kappa shape index (κ1) is 11.1. The van der Waals surface area contributed by atoms with Crippen LogP contribution in [-0.4, -0.2) is 35.0 Å². The van der Waals surface area contributed by atoms with Crippen LogP contribution in [0, 0.1) is 6.92 Å². The highest BCUT2D eigenvalue weighted by Gasteiger charge is 2.41. The largest absolute Gasteiger partial charge is 0.349 e. The lowest BCUT2D eigenvalue weighted by molar-refractivity contribution is 0.371. The van der Waals surface area contributed by atoms with Gasteiger partial charge < -0.3 is 10.2 Å². The Morgan fingerprint density at radius 2 is 1.94 bits per heavy atom. The number of hydrogen-bond donors (Lipinski definition) is 1. The molecule has 94 valence electrons. The zero-order chi connectivity index (χ0) is 12.0. The summed E-state index contributed by atoms with van der Waals surface area (Å²) >= 11 is 0. The molecule has 0 spiro atoms. The fraction of sp³-hybridized carbons (Fsp3) is 0.769. The number of aryl methyl sites for hydroxylation is 2. The molecule has 2 unspecified atom stereocenters. The van der Waals surface area contributed by atoms with Gasteiger partial charge in [-0.15, -0.1) is 0 Å². The monoisotopic (exact) mass is 234 g/mol. The number of rotatable bonds is 2. The van der Waals surface area contributed by atoms with Crippen molar-refractivity contribution in [3.8, 4) is 0 Å². The van der Waals surface area contributed by atoms with Crippen LogP contribution in [0.1, 0.15) is 31.4 Å². The third-order valence-electron chi connectivity index (χ3n) is 4.51. The minimum atomic E-state index is 0.695. The Labute approximate surface area is 103 Å². The molecule has 2 aliphatic rings. The van der Waals surface area contributed by atoms with E-state index in [2.05, 4.69) is 35.4 Å². The quantitative estimate of drug-likeness (QED) is 0.841. The number of nitrogens with zero attached hydrogens (tertiary/aromatic N) is 3. The minimum Gasteiger partial charge on any atom is -0.349 e. The van der Waals surface area contributed by atoms with Crippen LogP contribution in [0.3, 0.4) is 0 Å². The molecule has 1 N–H and O–H groups in total. The lowest BCUT2D eigenvalue weighted by Crippen LogP contribution is -2.48. The highest BCUT2D eigenvalue weighted by Crippen LogP contribution is 2.38. The third kappa shape index (κ3) is 1.75. The Balaban J connectivity index is 1.85. The van der Waals surface area contributed by atoms with Crippen molar-refractivity contribution in [2.75, 3.05) is 11.9 Å². The van der Waals surface area contributed by atoms with Crippen molar-refractivity contribution >= 4 is 5.82 Å². The highest BCUT2D eigenvalue weighted by molar-refractivity contribution is 5.45. The standard InChI is InChI=1S/C13H22N4/c1-9-6-13(15-16(9)3)17-11-4-5-12(17)8-10(7-11)14-2/h6,10-12,14H,4-5,7-8H2,1-3H3. The van der Waals surface area contributed by atoms with E-state index in [1.54, 1.807) is 0 Å². The fourth-order valence-corrected chi connectivity index (χ4v) is 3.45. The van der Waals surface area contributed by atoms with E-state index in [-0.39, 0.29) is 0 Å². The molecule has 1 aromatic heterocycles. The molecule has 0 radical (unpaired) electrons. The van der Waals surface area contributed by atoms with Crippen LogP contribution in [0.25, 0.3) is 0 Å². The maximum absolute atomic E-state index is 4.65. The molecular weight excluding hydrogens is 212 g/mol. The Morgan fingerprint density at radius 3 is 2.41 bits per heavy atom. The molecule has 4 heteroatoms. The van der Waals surface area contributed by atoms with Crippen molar-refractivity contribution in [1.29, 1.82) is 0 Å². The van der Waals surface area contributed by atoms with Crippen LogP contribution < -0.4 is 10.2 Å². The van der Waals surface area contributed by atoms with Gasteiger partial charge in [-0.05, 0) is 39.7 Å². The van der Waals surface area contributed by atoms with E-state index in [4.69, 9.17) is 0 Å². The molecule has 2 fully saturated rings. The number of aromatic nitrogens is 2. The molecule has 2 aliphatic heterocycles. The molecule has 1 aromatic rings. The maximum atomic E-state index is 4.65. The predicted molar refractivity (Wildman–Crippen MR) is 69.3 cm³/mol. The summed E-state index contributed by atoms with van der Waals surface area (Å²) in [5.74, 6) is 1.19. The van der Waals surface area contributed by atoms with Gasteiger partial charge in [0.25, 0.3) is 0 Å². The summed E-state index contributed by atoms with van der Waals surface area (Å²) in [7, 11) is 4.12. The summed E-state index contributed by atoms with van der Waals surface area (Å²) in [4.78, 5) is 2.57. The fourth-order valence-electron chi connectivity index (χ4n) is 3.45. The van der Waals surface area contributed by atoms with E-state index in [1.165, 1.54) is 37.2 Å². The first-order valence-electron chi connectivity index (χ1n) is 6.65. The van der Waals surface area contributed by atoms with E-state index >= 15 is 0 Å². The van der Waals surface area contributed by atoms with E-state index in [0.29, 0.717) is 18.1 Å². The van der Waals surface area contributed by atoms with E-state index in [0.717, 1.165) is 0 Å². The van der Waals surface area contributed by atoms with Gasteiger partial charge in [0.05, 0.1) is 0 Å². The first-order chi connectivity index (χ1) is 8.19. The molecule has 4 nitrogen and oxygen atoms in total. The molecule has 0 aliphatic carbocycles. The van der Waals surface area contributed by atoms with Gasteiger partial charge in [0, 0.05) is 36.9 Å². The average molecular weight is 234 g/mol. The lowest BCUT2D eigenvalue weighted by atomic mass is 9.97. The number of piperidine rings is 1. The number of hydrogen-bond acceptors (Lipinski definition) is 3. The molecule has 0 amide bonds. The third-order valence-corrected chi connectivity index (χ3v) is 4.51. The van der Waals surface area contributed by atoms with Gasteiger partial charge in [0.1, 0.15) is 0 Å². The number of fused-ring (bicyclic) bond motifs is 2. The van der Waals surface area contributed by atoms with Gasteiger partial charge in [0.15, 0.2) is 5.82 Å². The molecule has 2 bridgehead atoms. The van der Waals surface area contributed by atoms with Crippen LogP contribution >= 0.6 is 0 Å². The van der Waals surface area contributed by atoms with Crippen molar-refractivity contribution in [3.63, 3.8) is 0 Å². The Morgan fingerprint density at radius 1 is 1.29 bits per heavy atom. The second kappa shape index (κ2) is 4.02. The van der Waals surface area contributed by atoms with E-state index in [9.17, 15) is 0 Å². The van der Waals surface area contributed by atoms with Crippen LogP contribution in [-0.2, 0) is 7.05 Å². The van der Waals surface area contributed by atoms with E-state index < -0.39 is 0 Å². The first-order valence-corrected chi connectivity index (χ1v) is 6.65. The SMILES string of the molecule is CNC1CC2CCC(C1)N2c1cc(C)n(C)n1. The van der Waals surface area contributed by atoms with Gasteiger partial charge in [-0.2, -0.15) is 5.10 Å². The summed E-state index contributed by atoms with van der Waals surface area (Å²) in [6.07, 6.45) is 5.20. The Bertz CT molecular complexity index is 378. The Kier molecular flexibility index (Phi) is 2.62. The van der Waals surface area contributed by atoms with Gasteiger partial charge >= 0.3 is 0 Å². The van der Waals surface area contributed by atoms with Crippen molar-refractivity contribution in [2.24, 2.45) is 7.05 Å². The van der Waals surface area contributed by atoms with Crippen LogP contribution in [0.5, 0.6) is 0 Å². The normalized spacial score (nSPS) is 32.2. The average Bonchev–Trinajstić information content (AvgIpc) is 2.77. The molecular formula is C13H22N4. The van der Waals surface area contributed by atoms with Gasteiger partial charge in [0.2, 0.25) is 0 Å². The maximum Gasteiger partial charge on any atom is 0.151 e. The zero-order valence-corrected chi connectivity index (χ0v) is 11.0. The molecule has 0 aromatic carbocycles. The summed E-state index contributed by atoms with van der Waals surface area (Å²) in [6, 6.07) is 4.32. The van der Waals surface area contributed by atoms with Gasteiger partial charge in [-0.3, -0.25) is 4.68 Å². The van der Waals surface area contributed by atoms with Crippen LogP contribution in [0.2, 0.25) is 0 Å². The smallest absolute Gasteiger partial charge is 0.151 e. The highest BCUT2D eigenvalue weighted by atomic mass is 15.4. The second-order valence-corrected chi connectivity index (χ2v) is 5.52. The Hall–Kier alpha value is -1.03. The summed E-state index contributed by atoms with van der Waals surface area (Å²) in [5.41, 5.74) is 1.25. The van der Waals surface area contributed by atoms with Crippen molar-refractivity contribution in [1.82, 2.24) is 15.1 Å². The van der Waals surface area contributed by atoms with Crippen molar-refractivity contribution in [2.45, 2.75) is 50.7 Å². The van der Waals surface area contributed by atoms with Crippen molar-refractivity contribution in [3.05, 3.63) is 11.8 Å². The van der Waals surface area contributed by atoms with Crippen LogP contribution in [0.15, 0.2) is 6.07 Å². The van der Waals surface area contributed by atoms with E-state index in [1.807, 2.05) is 11.7 Å². The predicted octanol–water partition coefficient (Wildman–Crippen LogP) is 1.45. The van der Waals surface area contributed by atoms with Gasteiger partial charge in [-0.1, -0.05) is 0 Å². The zero-order valence-electron chi connectivity index (χ0n) is 11.0. The number of nitrogens with one attached hydrogen (secondary N) is 1. The molecule has 2 atom stereocenters. The minimum absolute atomic E-state index is 0.695.